The molecule has 3 atom stereocenters. The lowest BCUT2D eigenvalue weighted by Crippen LogP contribution is -3.00. The SMILES string of the molecule is O.O.O=C(OC1C[C@H]2CC[C@@H](C1)[N+]21CCCC1)C(O)(c1ccccc1)c1ccccc1.[Cl-]. The number of ether oxygens (including phenoxy) is 1. The molecular formula is C25H34ClNO5. The number of carbonyl (C=O) groups is 1. The maximum atomic E-state index is 13.4. The highest BCUT2D eigenvalue weighted by atomic mass is 35.5. The van der Waals surface area contributed by atoms with Gasteiger partial charge in [0.25, 0.3) is 0 Å². The molecule has 3 aliphatic rings. The highest BCUT2D eigenvalue weighted by Crippen LogP contribution is 2.46. The predicted molar refractivity (Wildman–Crippen MR) is 118 cm³/mol. The van der Waals surface area contributed by atoms with Crippen LogP contribution in [0.1, 0.15) is 49.7 Å². The van der Waals surface area contributed by atoms with E-state index >= 15 is 0 Å². The molecule has 3 fully saturated rings. The summed E-state index contributed by atoms with van der Waals surface area (Å²) < 4.78 is 7.32. The van der Waals surface area contributed by atoms with Crippen LogP contribution in [0.2, 0.25) is 0 Å². The Kier molecular flexibility index (Phi) is 8.48. The van der Waals surface area contributed by atoms with Crippen LogP contribution >= 0.6 is 0 Å². The minimum atomic E-state index is -1.78. The van der Waals surface area contributed by atoms with Gasteiger partial charge in [0.05, 0.1) is 25.2 Å². The Morgan fingerprint density at radius 3 is 1.72 bits per heavy atom. The lowest BCUT2D eigenvalue weighted by atomic mass is 9.86. The minimum Gasteiger partial charge on any atom is -1.00 e. The van der Waals surface area contributed by atoms with E-state index in [1.54, 1.807) is 24.3 Å². The smallest absolute Gasteiger partial charge is 0.347 e. The Labute approximate surface area is 195 Å². The second-order valence-electron chi connectivity index (χ2n) is 9.08. The number of nitrogens with zero attached hydrogens (tertiary/aromatic N) is 1. The van der Waals surface area contributed by atoms with Crippen LogP contribution in [0, 0.1) is 0 Å². The molecule has 3 aliphatic heterocycles. The largest absolute Gasteiger partial charge is 1.00 e. The number of hydrogen-bond acceptors (Lipinski definition) is 3. The molecule has 7 heteroatoms. The second-order valence-corrected chi connectivity index (χ2v) is 9.08. The van der Waals surface area contributed by atoms with Crippen molar-refractivity contribution in [3.8, 4) is 0 Å². The van der Waals surface area contributed by atoms with Crippen molar-refractivity contribution >= 4 is 5.97 Å². The van der Waals surface area contributed by atoms with Gasteiger partial charge in [-0.05, 0) is 11.1 Å². The molecular weight excluding hydrogens is 430 g/mol. The maximum Gasteiger partial charge on any atom is 0.347 e. The van der Waals surface area contributed by atoms with Crippen molar-refractivity contribution in [2.75, 3.05) is 13.1 Å². The fraction of sp³-hybridized carbons (Fsp3) is 0.480. The van der Waals surface area contributed by atoms with Crippen LogP contribution in [0.5, 0.6) is 0 Å². The van der Waals surface area contributed by atoms with Crippen molar-refractivity contribution < 1.29 is 42.5 Å². The average molecular weight is 464 g/mol. The molecule has 176 valence electrons. The van der Waals surface area contributed by atoms with Gasteiger partial charge in [-0.15, -0.1) is 0 Å². The molecule has 3 saturated heterocycles. The van der Waals surface area contributed by atoms with Crippen LogP contribution in [0.25, 0.3) is 0 Å². The Morgan fingerprint density at radius 1 is 0.844 bits per heavy atom. The number of carbonyl (C=O) groups excluding carboxylic acids is 1. The molecule has 0 saturated carbocycles. The third kappa shape index (κ3) is 4.18. The van der Waals surface area contributed by atoms with Gasteiger partial charge in [-0.3, -0.25) is 0 Å². The van der Waals surface area contributed by atoms with E-state index in [9.17, 15) is 9.90 Å². The molecule has 32 heavy (non-hydrogen) atoms. The first-order valence-corrected chi connectivity index (χ1v) is 11.0. The van der Waals surface area contributed by atoms with Gasteiger partial charge < -0.3 is 37.7 Å². The zero-order valence-corrected chi connectivity index (χ0v) is 19.0. The van der Waals surface area contributed by atoms with Gasteiger partial charge in [0.15, 0.2) is 0 Å². The van der Waals surface area contributed by atoms with Gasteiger partial charge in [-0.2, -0.15) is 0 Å². The summed E-state index contributed by atoms with van der Waals surface area (Å²) >= 11 is 0. The number of rotatable bonds is 4. The summed E-state index contributed by atoms with van der Waals surface area (Å²) in [5.74, 6) is -0.547. The first kappa shape index (κ1) is 26.3. The molecule has 1 spiro atoms. The van der Waals surface area contributed by atoms with Crippen molar-refractivity contribution in [2.45, 2.75) is 62.3 Å². The normalized spacial score (nSPS) is 25.2. The third-order valence-corrected chi connectivity index (χ3v) is 7.71. The molecule has 2 aromatic rings. The molecule has 3 heterocycles. The summed E-state index contributed by atoms with van der Waals surface area (Å²) in [5, 5.41) is 11.6. The fourth-order valence-corrected chi connectivity index (χ4v) is 6.30. The molecule has 0 aromatic heterocycles. The summed E-state index contributed by atoms with van der Waals surface area (Å²) in [6, 6.07) is 19.6. The standard InChI is InChI=1S/C25H30NO3.ClH.2H2O/c27-24(25(28,19-9-3-1-4-10-19)20-11-5-2-6-12-20)29-23-17-21-13-14-22(18-23)26(21)15-7-8-16-26;;;/h1-6,9-12,21-23,28H,7-8,13-18H2;1H;2*1H2/q+1;;;/p-1/t21-,22+,23?;;;. The van der Waals surface area contributed by atoms with Gasteiger partial charge in [0.2, 0.25) is 5.60 Å². The molecule has 5 N–H and O–H groups in total. The van der Waals surface area contributed by atoms with Crippen molar-refractivity contribution in [1.82, 2.24) is 0 Å². The van der Waals surface area contributed by atoms with E-state index in [0.29, 0.717) is 23.2 Å². The van der Waals surface area contributed by atoms with E-state index in [1.165, 1.54) is 43.3 Å². The molecule has 1 unspecified atom stereocenters. The van der Waals surface area contributed by atoms with Gasteiger partial charge in [0, 0.05) is 38.5 Å². The number of hydrogen-bond donors (Lipinski definition) is 1. The first-order valence-electron chi connectivity index (χ1n) is 11.0. The Balaban J connectivity index is 0.00000121. The molecule has 6 nitrogen and oxygen atoms in total. The average Bonchev–Trinajstić information content (AvgIpc) is 3.31. The van der Waals surface area contributed by atoms with E-state index in [-0.39, 0.29) is 29.5 Å². The lowest BCUT2D eigenvalue weighted by Gasteiger charge is -2.47. The first-order chi connectivity index (χ1) is 14.1. The second kappa shape index (κ2) is 10.3. The summed E-state index contributed by atoms with van der Waals surface area (Å²) in [5.41, 5.74) is -0.671. The summed E-state index contributed by atoms with van der Waals surface area (Å²) in [4.78, 5) is 13.4. The molecule has 5 rings (SSSR count). The fourth-order valence-electron chi connectivity index (χ4n) is 6.30. The van der Waals surface area contributed by atoms with Crippen LogP contribution in [-0.4, -0.2) is 57.8 Å². The van der Waals surface area contributed by atoms with Crippen molar-refractivity contribution in [3.05, 3.63) is 71.8 Å². The van der Waals surface area contributed by atoms with Gasteiger partial charge >= 0.3 is 5.97 Å². The summed E-state index contributed by atoms with van der Waals surface area (Å²) in [7, 11) is 0. The molecule has 0 amide bonds. The van der Waals surface area contributed by atoms with E-state index in [0.717, 1.165) is 12.8 Å². The van der Waals surface area contributed by atoms with E-state index in [4.69, 9.17) is 4.74 Å². The maximum absolute atomic E-state index is 13.4. The topological polar surface area (TPSA) is 110 Å². The third-order valence-electron chi connectivity index (χ3n) is 7.71. The van der Waals surface area contributed by atoms with Crippen LogP contribution in [-0.2, 0) is 15.1 Å². The number of quaternary nitrogens is 1. The predicted octanol–water partition coefficient (Wildman–Crippen LogP) is -0.876. The van der Waals surface area contributed by atoms with Gasteiger partial charge in [0.1, 0.15) is 6.10 Å². The van der Waals surface area contributed by atoms with Crippen LogP contribution < -0.4 is 12.4 Å². The molecule has 2 aromatic carbocycles. The van der Waals surface area contributed by atoms with Gasteiger partial charge in [-0.1, -0.05) is 60.7 Å². The molecule has 0 radical (unpaired) electrons. The van der Waals surface area contributed by atoms with E-state index in [2.05, 4.69) is 0 Å². The highest BCUT2D eigenvalue weighted by Gasteiger charge is 2.56. The van der Waals surface area contributed by atoms with Crippen LogP contribution in [0.15, 0.2) is 60.7 Å². The quantitative estimate of drug-likeness (QED) is 0.470. The summed E-state index contributed by atoms with van der Waals surface area (Å²) in [6.07, 6.45) is 6.94. The van der Waals surface area contributed by atoms with Crippen molar-refractivity contribution in [1.29, 1.82) is 0 Å². The zero-order chi connectivity index (χ0) is 19.9. The number of halogens is 1. The Hall–Kier alpha value is -1.96. The number of aliphatic hydroxyl groups is 1. The number of piperidine rings is 1. The lowest BCUT2D eigenvalue weighted by molar-refractivity contribution is -0.956. The van der Waals surface area contributed by atoms with Crippen molar-refractivity contribution in [2.24, 2.45) is 0 Å². The Morgan fingerprint density at radius 2 is 1.28 bits per heavy atom. The Bertz CT molecular complexity index is 817. The van der Waals surface area contributed by atoms with Gasteiger partial charge in [-0.25, -0.2) is 4.79 Å². The number of benzene rings is 2. The monoisotopic (exact) mass is 463 g/mol. The van der Waals surface area contributed by atoms with E-state index in [1.807, 2.05) is 36.4 Å². The summed E-state index contributed by atoms with van der Waals surface area (Å²) in [6.45, 7) is 2.60. The highest BCUT2D eigenvalue weighted by molar-refractivity contribution is 5.85. The van der Waals surface area contributed by atoms with E-state index < -0.39 is 11.6 Å². The minimum absolute atomic E-state index is 0. The van der Waals surface area contributed by atoms with Crippen LogP contribution in [0.3, 0.4) is 0 Å². The zero-order valence-electron chi connectivity index (χ0n) is 18.3. The number of esters is 1. The van der Waals surface area contributed by atoms with Crippen molar-refractivity contribution in [3.63, 3.8) is 0 Å². The van der Waals surface area contributed by atoms with Crippen LogP contribution in [0.4, 0.5) is 0 Å². The molecule has 2 bridgehead atoms. The molecule has 0 aliphatic carbocycles.